The Morgan fingerprint density at radius 1 is 1.07 bits per heavy atom. The van der Waals surface area contributed by atoms with E-state index in [4.69, 9.17) is 23.7 Å². The monoisotopic (exact) mass is 576 g/mol. The van der Waals surface area contributed by atoms with Crippen molar-refractivity contribution >= 4 is 11.9 Å². The average molecular weight is 577 g/mol. The lowest BCUT2D eigenvalue weighted by molar-refractivity contribution is -0.273. The van der Waals surface area contributed by atoms with Crippen LogP contribution in [0.3, 0.4) is 0 Å². The van der Waals surface area contributed by atoms with Crippen LogP contribution in [-0.2, 0) is 33.3 Å². The summed E-state index contributed by atoms with van der Waals surface area (Å²) in [4.78, 5) is 24.2. The molecule has 0 radical (unpaired) electrons. The molecule has 9 heteroatoms. The van der Waals surface area contributed by atoms with E-state index in [1.54, 1.807) is 13.2 Å². The van der Waals surface area contributed by atoms with Gasteiger partial charge in [-0.05, 0) is 80.6 Å². The third kappa shape index (κ3) is 4.69. The highest BCUT2D eigenvalue weighted by molar-refractivity contribution is 5.85. The molecule has 1 saturated heterocycles. The van der Waals surface area contributed by atoms with Gasteiger partial charge in [0.1, 0.15) is 18.8 Å². The van der Waals surface area contributed by atoms with Crippen molar-refractivity contribution in [2.45, 2.75) is 128 Å². The highest BCUT2D eigenvalue weighted by Gasteiger charge is 2.71. The van der Waals surface area contributed by atoms with E-state index < -0.39 is 23.2 Å². The number of aliphatic hydroxyl groups excluding tert-OH is 1. The number of hydrogen-bond acceptors (Lipinski definition) is 9. The number of fused-ring (bicyclic) bond motifs is 5. The number of carbonyl (C=O) groups is 2. The third-order valence-corrected chi connectivity index (χ3v) is 12.5. The minimum Gasteiger partial charge on any atom is -0.462 e. The summed E-state index contributed by atoms with van der Waals surface area (Å²) in [5.41, 5.74) is -0.559. The smallest absolute Gasteiger partial charge is 0.331 e. The zero-order chi connectivity index (χ0) is 29.3. The molecule has 0 bridgehead atoms. The van der Waals surface area contributed by atoms with E-state index in [0.29, 0.717) is 24.7 Å². The molecule has 9 nitrogen and oxygen atoms in total. The fourth-order valence-electron chi connectivity index (χ4n) is 10.4. The molecule has 4 aliphatic carbocycles. The molecule has 6 rings (SSSR count). The molecule has 41 heavy (non-hydrogen) atoms. The van der Waals surface area contributed by atoms with Crippen LogP contribution in [-0.4, -0.2) is 78.3 Å². The lowest BCUT2D eigenvalue weighted by atomic mass is 9.43. The van der Waals surface area contributed by atoms with Crippen molar-refractivity contribution in [2.24, 2.45) is 34.5 Å². The highest BCUT2D eigenvalue weighted by Crippen LogP contribution is 2.70. The van der Waals surface area contributed by atoms with Gasteiger partial charge in [-0.15, -0.1) is 0 Å². The van der Waals surface area contributed by atoms with Gasteiger partial charge in [-0.1, -0.05) is 13.8 Å². The molecular weight excluding hydrogens is 528 g/mol. The van der Waals surface area contributed by atoms with Crippen molar-refractivity contribution < 1.29 is 43.5 Å². The van der Waals surface area contributed by atoms with E-state index >= 15 is 0 Å². The molecule has 2 aliphatic heterocycles. The Balaban J connectivity index is 1.19. The van der Waals surface area contributed by atoms with Crippen LogP contribution < -0.4 is 0 Å². The number of methoxy groups -OCH3 is 1. The van der Waals surface area contributed by atoms with Crippen LogP contribution in [0.25, 0.3) is 0 Å². The molecule has 3 unspecified atom stereocenters. The topological polar surface area (TPSA) is 121 Å². The third-order valence-electron chi connectivity index (χ3n) is 12.5. The molecule has 0 aromatic rings. The van der Waals surface area contributed by atoms with Gasteiger partial charge in [0.05, 0.1) is 23.9 Å². The molecular formula is C32H48O9. The maximum Gasteiger partial charge on any atom is 0.331 e. The number of hydrogen-bond donors (Lipinski definition) is 2. The maximum absolute atomic E-state index is 12.7. The number of aliphatic hydroxyl groups is 2. The van der Waals surface area contributed by atoms with Gasteiger partial charge in [0.15, 0.2) is 6.29 Å². The summed E-state index contributed by atoms with van der Waals surface area (Å²) < 4.78 is 29.1. The van der Waals surface area contributed by atoms with Crippen LogP contribution in [0.2, 0.25) is 0 Å². The predicted molar refractivity (Wildman–Crippen MR) is 147 cm³/mol. The molecule has 2 N–H and O–H groups in total. The Kier molecular flexibility index (Phi) is 7.62. The summed E-state index contributed by atoms with van der Waals surface area (Å²) in [7, 11) is 1.62. The molecule has 0 aromatic carbocycles. The van der Waals surface area contributed by atoms with Crippen molar-refractivity contribution in [3.8, 4) is 0 Å². The Morgan fingerprint density at radius 2 is 1.85 bits per heavy atom. The minimum absolute atomic E-state index is 0.0898. The van der Waals surface area contributed by atoms with Gasteiger partial charge in [-0.3, -0.25) is 4.79 Å². The van der Waals surface area contributed by atoms with E-state index in [1.165, 1.54) is 6.92 Å². The van der Waals surface area contributed by atoms with Crippen LogP contribution in [0.5, 0.6) is 0 Å². The fourth-order valence-corrected chi connectivity index (χ4v) is 10.4. The summed E-state index contributed by atoms with van der Waals surface area (Å²) in [6, 6.07) is 0. The van der Waals surface area contributed by atoms with Gasteiger partial charge in [-0.25, -0.2) is 4.79 Å². The van der Waals surface area contributed by atoms with Crippen molar-refractivity contribution in [1.82, 2.24) is 0 Å². The summed E-state index contributed by atoms with van der Waals surface area (Å²) in [6.07, 6.45) is 7.14. The molecule has 6 aliphatic rings. The van der Waals surface area contributed by atoms with E-state index in [0.717, 1.165) is 50.5 Å². The number of esters is 2. The summed E-state index contributed by atoms with van der Waals surface area (Å²) in [5, 5.41) is 23.0. The average Bonchev–Trinajstić information content (AvgIpc) is 3.42. The first-order valence-electron chi connectivity index (χ1n) is 15.7. The van der Waals surface area contributed by atoms with Crippen molar-refractivity contribution in [2.75, 3.05) is 13.7 Å². The van der Waals surface area contributed by atoms with Gasteiger partial charge < -0.3 is 33.9 Å². The molecule has 5 fully saturated rings. The first kappa shape index (κ1) is 29.5. The molecule has 4 saturated carbocycles. The van der Waals surface area contributed by atoms with Crippen molar-refractivity contribution in [1.29, 1.82) is 0 Å². The van der Waals surface area contributed by atoms with E-state index in [9.17, 15) is 19.8 Å². The Bertz CT molecular complexity index is 1080. The second kappa shape index (κ2) is 10.6. The molecule has 0 spiro atoms. The Hall–Kier alpha value is -1.52. The zero-order valence-electron chi connectivity index (χ0n) is 25.2. The molecule has 13 atom stereocenters. The van der Waals surface area contributed by atoms with Crippen LogP contribution in [0.15, 0.2) is 11.6 Å². The Morgan fingerprint density at radius 3 is 2.54 bits per heavy atom. The fraction of sp³-hybridized carbons (Fsp3) is 0.875. The standard InChI is InChI=1S/C32H48O9/c1-17-29(35)24(37-5)14-27(39-17)41-21-8-10-30(3)20(13-21)6-7-23-22(30)9-11-31(4)28(19-12-26(34)38-16-19)25(40-18(2)33)15-32(23,31)36/h12,17,20-25,27-29,35-36H,6-11,13-16H2,1-5H3/t17-,20+,21-,22-,23?,24-,25?,27-,28?,29-,30-,31+,32-/m0/s1. The molecule has 2 heterocycles. The zero-order valence-corrected chi connectivity index (χ0v) is 25.2. The first-order valence-corrected chi connectivity index (χ1v) is 15.7. The van der Waals surface area contributed by atoms with E-state index in [1.807, 2.05) is 6.92 Å². The van der Waals surface area contributed by atoms with E-state index in [-0.39, 0.29) is 60.4 Å². The summed E-state index contributed by atoms with van der Waals surface area (Å²) in [6.45, 7) is 8.06. The molecule has 0 amide bonds. The number of carbonyl (C=O) groups excluding carboxylic acids is 2. The van der Waals surface area contributed by atoms with Gasteiger partial charge in [0.25, 0.3) is 0 Å². The Labute approximate surface area is 243 Å². The van der Waals surface area contributed by atoms with Gasteiger partial charge in [-0.2, -0.15) is 0 Å². The number of ether oxygens (including phenoxy) is 5. The van der Waals surface area contributed by atoms with Gasteiger partial charge in [0, 0.05) is 44.3 Å². The minimum atomic E-state index is -0.990. The lowest BCUT2D eigenvalue weighted by Gasteiger charge is -2.63. The van der Waals surface area contributed by atoms with E-state index in [2.05, 4.69) is 13.8 Å². The summed E-state index contributed by atoms with van der Waals surface area (Å²) >= 11 is 0. The maximum atomic E-state index is 12.7. The normalized spacial score (nSPS) is 51.2. The van der Waals surface area contributed by atoms with Crippen molar-refractivity contribution in [3.05, 3.63) is 11.6 Å². The second-order valence-corrected chi connectivity index (χ2v) is 14.3. The van der Waals surface area contributed by atoms with Gasteiger partial charge >= 0.3 is 11.9 Å². The molecule has 0 aromatic heterocycles. The SMILES string of the molecule is CO[C@H]1C[C@H](O[C@H]2CC[C@@]3(C)[C@H](CCC4[C@@H]3CC[C@]3(C)C(C5=CC(=O)OC5)C(OC(C)=O)C[C@]43O)C2)O[C@@H](C)[C@@H]1O. The van der Waals surface area contributed by atoms with Crippen LogP contribution in [0.4, 0.5) is 0 Å². The predicted octanol–water partition coefficient (Wildman–Crippen LogP) is 3.68. The van der Waals surface area contributed by atoms with Gasteiger partial charge in [0.2, 0.25) is 0 Å². The van der Waals surface area contributed by atoms with Crippen molar-refractivity contribution in [3.63, 3.8) is 0 Å². The highest BCUT2D eigenvalue weighted by atomic mass is 16.7. The number of rotatable bonds is 5. The number of cyclic esters (lactones) is 1. The lowest BCUT2D eigenvalue weighted by Crippen LogP contribution is -2.62. The summed E-state index contributed by atoms with van der Waals surface area (Å²) in [5.74, 6) is 0.0175. The largest absolute Gasteiger partial charge is 0.462 e. The van der Waals surface area contributed by atoms with Crippen LogP contribution in [0, 0.1) is 34.5 Å². The first-order chi connectivity index (χ1) is 19.4. The second-order valence-electron chi connectivity index (χ2n) is 14.3. The molecule has 230 valence electrons. The van der Waals surface area contributed by atoms with Crippen LogP contribution in [0.1, 0.15) is 85.5 Å². The quantitative estimate of drug-likeness (QED) is 0.373. The van der Waals surface area contributed by atoms with Crippen LogP contribution >= 0.6 is 0 Å².